The standard InChI is InChI=1S/C23H14ClFN2O3S/c24-19-7-4-8-20(25)17(19)13-18-21(28)26-23(31)27(22(18)29)14-9-11-16(12-10-14)30-15-5-2-1-3-6-15/h1-13H,(H,26,28,31). The molecule has 1 heterocycles. The van der Waals surface area contributed by atoms with Crippen LogP contribution in [0.25, 0.3) is 6.08 Å². The number of hydrogen-bond donors (Lipinski definition) is 1. The highest BCUT2D eigenvalue weighted by Gasteiger charge is 2.34. The molecule has 0 bridgehead atoms. The lowest BCUT2D eigenvalue weighted by molar-refractivity contribution is -0.122. The first kappa shape index (κ1) is 20.7. The lowest BCUT2D eigenvalue weighted by Crippen LogP contribution is -2.54. The first-order valence-corrected chi connectivity index (χ1v) is 9.91. The third-order valence-electron chi connectivity index (χ3n) is 4.46. The number of rotatable bonds is 4. The molecule has 8 heteroatoms. The number of amides is 2. The van der Waals surface area contributed by atoms with Gasteiger partial charge in [-0.15, -0.1) is 0 Å². The lowest BCUT2D eigenvalue weighted by Gasteiger charge is -2.29. The maximum atomic E-state index is 14.2. The molecule has 1 N–H and O–H groups in total. The molecule has 0 aliphatic carbocycles. The van der Waals surface area contributed by atoms with E-state index in [1.807, 2.05) is 30.3 Å². The predicted octanol–water partition coefficient (Wildman–Crippen LogP) is 5.10. The molecule has 0 aromatic heterocycles. The zero-order chi connectivity index (χ0) is 22.0. The topological polar surface area (TPSA) is 58.6 Å². The van der Waals surface area contributed by atoms with Crippen molar-refractivity contribution in [1.82, 2.24) is 5.32 Å². The summed E-state index contributed by atoms with van der Waals surface area (Å²) < 4.78 is 19.9. The molecule has 0 radical (unpaired) electrons. The molecule has 1 fully saturated rings. The number of para-hydroxylation sites is 1. The van der Waals surface area contributed by atoms with Gasteiger partial charge in [0, 0.05) is 5.56 Å². The first-order chi connectivity index (χ1) is 14.9. The molecule has 0 atom stereocenters. The summed E-state index contributed by atoms with van der Waals surface area (Å²) in [6.07, 6.45) is 1.12. The summed E-state index contributed by atoms with van der Waals surface area (Å²) in [6, 6.07) is 19.9. The number of nitrogens with one attached hydrogen (secondary N) is 1. The van der Waals surface area contributed by atoms with Crippen LogP contribution >= 0.6 is 23.8 Å². The van der Waals surface area contributed by atoms with Gasteiger partial charge in [0.25, 0.3) is 11.8 Å². The summed E-state index contributed by atoms with van der Waals surface area (Å²) in [6.45, 7) is 0. The number of thiocarbonyl (C=S) groups is 1. The number of hydrogen-bond acceptors (Lipinski definition) is 4. The average Bonchev–Trinajstić information content (AvgIpc) is 2.75. The molecule has 5 nitrogen and oxygen atoms in total. The van der Waals surface area contributed by atoms with Crippen molar-refractivity contribution < 1.29 is 18.7 Å². The van der Waals surface area contributed by atoms with Crippen LogP contribution in [0.15, 0.2) is 78.4 Å². The third-order valence-corrected chi connectivity index (χ3v) is 5.08. The van der Waals surface area contributed by atoms with Gasteiger partial charge in [0.1, 0.15) is 22.9 Å². The Labute approximate surface area is 187 Å². The average molecular weight is 453 g/mol. The van der Waals surface area contributed by atoms with Crippen LogP contribution in [-0.4, -0.2) is 16.9 Å². The second-order valence-corrected chi connectivity index (χ2v) is 7.30. The fourth-order valence-corrected chi connectivity index (χ4v) is 3.47. The van der Waals surface area contributed by atoms with Gasteiger partial charge in [-0.1, -0.05) is 35.9 Å². The molecule has 0 saturated carbocycles. The summed E-state index contributed by atoms with van der Waals surface area (Å²) in [5, 5.41) is 2.45. The Kier molecular flexibility index (Phi) is 5.79. The van der Waals surface area contributed by atoms with Crippen molar-refractivity contribution in [3.63, 3.8) is 0 Å². The molecule has 154 valence electrons. The maximum Gasteiger partial charge on any atom is 0.270 e. The fourth-order valence-electron chi connectivity index (χ4n) is 2.97. The number of nitrogens with zero attached hydrogens (tertiary/aromatic N) is 1. The molecule has 31 heavy (non-hydrogen) atoms. The van der Waals surface area contributed by atoms with Crippen molar-refractivity contribution in [1.29, 1.82) is 0 Å². The number of carbonyl (C=O) groups excluding carboxylic acids is 2. The molecule has 0 spiro atoms. The van der Waals surface area contributed by atoms with Crippen LogP contribution in [-0.2, 0) is 9.59 Å². The number of carbonyl (C=O) groups is 2. The van der Waals surface area contributed by atoms with Crippen molar-refractivity contribution >= 4 is 52.5 Å². The van der Waals surface area contributed by atoms with Gasteiger partial charge in [-0.05, 0) is 66.8 Å². The summed E-state index contributed by atoms with van der Waals surface area (Å²) in [7, 11) is 0. The molecule has 3 aromatic carbocycles. The molecule has 1 aliphatic rings. The molecule has 3 aromatic rings. The second kappa shape index (κ2) is 8.67. The Morgan fingerprint density at radius 1 is 0.935 bits per heavy atom. The minimum Gasteiger partial charge on any atom is -0.457 e. The zero-order valence-corrected chi connectivity index (χ0v) is 17.4. The number of halogens is 2. The van der Waals surface area contributed by atoms with Gasteiger partial charge >= 0.3 is 0 Å². The summed E-state index contributed by atoms with van der Waals surface area (Å²) >= 11 is 11.2. The van der Waals surface area contributed by atoms with E-state index in [0.29, 0.717) is 17.2 Å². The van der Waals surface area contributed by atoms with Gasteiger partial charge in [-0.25, -0.2) is 4.39 Å². The lowest BCUT2D eigenvalue weighted by atomic mass is 10.1. The van der Waals surface area contributed by atoms with Gasteiger partial charge < -0.3 is 4.74 Å². The van der Waals surface area contributed by atoms with E-state index in [0.717, 1.165) is 11.0 Å². The quantitative estimate of drug-likeness (QED) is 0.340. The van der Waals surface area contributed by atoms with Gasteiger partial charge in [-0.3, -0.25) is 19.8 Å². The zero-order valence-electron chi connectivity index (χ0n) is 15.8. The third kappa shape index (κ3) is 4.33. The fraction of sp³-hybridized carbons (Fsp3) is 0. The molecular weight excluding hydrogens is 439 g/mol. The number of ether oxygens (including phenoxy) is 1. The van der Waals surface area contributed by atoms with E-state index in [-0.39, 0.29) is 21.3 Å². The van der Waals surface area contributed by atoms with Crippen LogP contribution in [0.2, 0.25) is 5.02 Å². The Morgan fingerprint density at radius 3 is 2.29 bits per heavy atom. The minimum absolute atomic E-state index is 0.0537. The van der Waals surface area contributed by atoms with Crippen molar-refractivity contribution in [2.24, 2.45) is 0 Å². The Morgan fingerprint density at radius 2 is 1.61 bits per heavy atom. The van der Waals surface area contributed by atoms with E-state index < -0.39 is 17.6 Å². The van der Waals surface area contributed by atoms with Crippen molar-refractivity contribution in [3.8, 4) is 11.5 Å². The second-order valence-electron chi connectivity index (χ2n) is 6.50. The highest BCUT2D eigenvalue weighted by molar-refractivity contribution is 7.80. The monoisotopic (exact) mass is 452 g/mol. The van der Waals surface area contributed by atoms with E-state index in [9.17, 15) is 14.0 Å². The molecule has 4 rings (SSSR count). The molecule has 1 aliphatic heterocycles. The Hall–Kier alpha value is -3.55. The van der Waals surface area contributed by atoms with E-state index in [2.05, 4.69) is 5.32 Å². The van der Waals surface area contributed by atoms with E-state index in [1.165, 1.54) is 18.2 Å². The van der Waals surface area contributed by atoms with Gasteiger partial charge in [0.2, 0.25) is 0 Å². The molecule has 1 saturated heterocycles. The Balaban J connectivity index is 1.63. The van der Waals surface area contributed by atoms with Crippen LogP contribution < -0.4 is 15.0 Å². The van der Waals surface area contributed by atoms with Gasteiger partial charge in [0.15, 0.2) is 5.11 Å². The summed E-state index contributed by atoms with van der Waals surface area (Å²) in [4.78, 5) is 26.6. The molecular formula is C23H14ClFN2O3S. The predicted molar refractivity (Wildman–Crippen MR) is 121 cm³/mol. The van der Waals surface area contributed by atoms with Crippen LogP contribution in [0.3, 0.4) is 0 Å². The van der Waals surface area contributed by atoms with Crippen LogP contribution in [0.1, 0.15) is 5.56 Å². The van der Waals surface area contributed by atoms with E-state index in [4.69, 9.17) is 28.6 Å². The number of benzene rings is 3. The molecule has 2 amide bonds. The van der Waals surface area contributed by atoms with E-state index in [1.54, 1.807) is 24.3 Å². The normalized spacial score (nSPS) is 15.2. The van der Waals surface area contributed by atoms with Gasteiger partial charge in [-0.2, -0.15) is 0 Å². The van der Waals surface area contributed by atoms with Crippen LogP contribution in [0.4, 0.5) is 10.1 Å². The molecule has 0 unspecified atom stereocenters. The summed E-state index contributed by atoms with van der Waals surface area (Å²) in [5.41, 5.74) is 0.0770. The van der Waals surface area contributed by atoms with Crippen LogP contribution in [0.5, 0.6) is 11.5 Å². The smallest absolute Gasteiger partial charge is 0.270 e. The van der Waals surface area contributed by atoms with Crippen LogP contribution in [0, 0.1) is 5.82 Å². The van der Waals surface area contributed by atoms with Crippen molar-refractivity contribution in [2.75, 3.05) is 4.90 Å². The highest BCUT2D eigenvalue weighted by Crippen LogP contribution is 2.28. The van der Waals surface area contributed by atoms with Crippen molar-refractivity contribution in [2.45, 2.75) is 0 Å². The number of anilines is 1. The first-order valence-electron chi connectivity index (χ1n) is 9.12. The minimum atomic E-state index is -0.727. The maximum absolute atomic E-state index is 14.2. The Bertz CT molecular complexity index is 1190. The highest BCUT2D eigenvalue weighted by atomic mass is 35.5. The van der Waals surface area contributed by atoms with E-state index >= 15 is 0 Å². The largest absolute Gasteiger partial charge is 0.457 e. The van der Waals surface area contributed by atoms with Gasteiger partial charge in [0.05, 0.1) is 10.7 Å². The van der Waals surface area contributed by atoms with Crippen molar-refractivity contribution in [3.05, 3.63) is 94.8 Å². The SMILES string of the molecule is O=C1NC(=S)N(c2ccc(Oc3ccccc3)cc2)C(=O)C1=Cc1c(F)cccc1Cl. The summed E-state index contributed by atoms with van der Waals surface area (Å²) in [5.74, 6) is -0.843.